The summed E-state index contributed by atoms with van der Waals surface area (Å²) in [7, 11) is 0. The first-order chi connectivity index (χ1) is 7.31. The third kappa shape index (κ3) is 10.2. The first-order valence-electron chi connectivity index (χ1n) is 4.91. The average molecular weight is 200 g/mol. The normalized spacial score (nSPS) is 12.5. The topological polar surface area (TPSA) is 20.2 Å². The summed E-state index contributed by atoms with van der Waals surface area (Å²) in [5.74, 6) is 10.8. The summed E-state index contributed by atoms with van der Waals surface area (Å²) in [5.41, 5.74) is 0. The highest BCUT2D eigenvalue weighted by Crippen LogP contribution is 1.91. The Balaban J connectivity index is 3.85. The molecular weight excluding hydrogens is 184 g/mol. The lowest BCUT2D eigenvalue weighted by Gasteiger charge is -1.95. The summed E-state index contributed by atoms with van der Waals surface area (Å²) in [6.45, 7) is 3.69. The SMILES string of the molecule is CC#CC#CC=CC=CC=C[C@H](O)CC. The van der Waals surface area contributed by atoms with E-state index in [-0.39, 0.29) is 6.10 Å². The Morgan fingerprint density at radius 3 is 2.53 bits per heavy atom. The third-order valence-electron chi connectivity index (χ3n) is 1.52. The van der Waals surface area contributed by atoms with Crippen LogP contribution in [0.3, 0.4) is 0 Å². The highest BCUT2D eigenvalue weighted by atomic mass is 16.3. The van der Waals surface area contributed by atoms with Gasteiger partial charge in [0.25, 0.3) is 0 Å². The van der Waals surface area contributed by atoms with Gasteiger partial charge in [0.2, 0.25) is 0 Å². The average Bonchev–Trinajstić information content (AvgIpc) is 2.26. The molecule has 78 valence electrons. The van der Waals surface area contributed by atoms with Gasteiger partial charge in [0.15, 0.2) is 0 Å². The Hall–Kier alpha value is -1.70. The van der Waals surface area contributed by atoms with Crippen LogP contribution in [0.4, 0.5) is 0 Å². The van der Waals surface area contributed by atoms with E-state index in [1.807, 2.05) is 31.2 Å². The predicted molar refractivity (Wildman–Crippen MR) is 64.9 cm³/mol. The van der Waals surface area contributed by atoms with Crippen molar-refractivity contribution in [3.63, 3.8) is 0 Å². The molecule has 0 aliphatic heterocycles. The quantitative estimate of drug-likeness (QED) is 0.546. The summed E-state index contributed by atoms with van der Waals surface area (Å²) in [5, 5.41) is 9.18. The minimum Gasteiger partial charge on any atom is -0.389 e. The molecule has 15 heavy (non-hydrogen) atoms. The summed E-state index contributed by atoms with van der Waals surface area (Å²) in [6, 6.07) is 0. The van der Waals surface area contributed by atoms with Crippen LogP contribution in [-0.2, 0) is 0 Å². The molecule has 0 saturated carbocycles. The Morgan fingerprint density at radius 1 is 1.13 bits per heavy atom. The second-order valence-corrected chi connectivity index (χ2v) is 2.75. The van der Waals surface area contributed by atoms with Crippen molar-refractivity contribution >= 4 is 0 Å². The molecule has 0 saturated heterocycles. The predicted octanol–water partition coefficient (Wildman–Crippen LogP) is 2.45. The van der Waals surface area contributed by atoms with Crippen LogP contribution >= 0.6 is 0 Å². The lowest BCUT2D eigenvalue weighted by atomic mass is 10.2. The van der Waals surface area contributed by atoms with E-state index < -0.39 is 0 Å². The molecule has 0 aliphatic rings. The van der Waals surface area contributed by atoms with Crippen LogP contribution in [0.25, 0.3) is 0 Å². The number of hydrogen-bond donors (Lipinski definition) is 1. The standard InChI is InChI=1S/C14H16O/c1-3-5-6-7-8-9-10-11-12-13-14(15)4-2/h8-15H,4H2,1-2H3/t14-/m1/s1. The van der Waals surface area contributed by atoms with Crippen LogP contribution in [0.1, 0.15) is 20.3 Å². The lowest BCUT2D eigenvalue weighted by Crippen LogP contribution is -1.97. The molecule has 1 N–H and O–H groups in total. The molecule has 0 fully saturated rings. The second kappa shape index (κ2) is 10.4. The minimum absolute atomic E-state index is 0.349. The maximum absolute atomic E-state index is 9.18. The van der Waals surface area contributed by atoms with Crippen molar-refractivity contribution in [1.29, 1.82) is 0 Å². The molecule has 0 aromatic carbocycles. The molecule has 0 aromatic heterocycles. The number of allylic oxidation sites excluding steroid dienone is 5. The Labute approximate surface area is 92.2 Å². The summed E-state index contributed by atoms with van der Waals surface area (Å²) >= 11 is 0. The smallest absolute Gasteiger partial charge is 0.0721 e. The zero-order valence-corrected chi connectivity index (χ0v) is 9.20. The van der Waals surface area contributed by atoms with Gasteiger partial charge in [-0.25, -0.2) is 0 Å². The van der Waals surface area contributed by atoms with Crippen molar-refractivity contribution in [2.24, 2.45) is 0 Å². The molecule has 0 rings (SSSR count). The van der Waals surface area contributed by atoms with Gasteiger partial charge in [0, 0.05) is 0 Å². The van der Waals surface area contributed by atoms with Crippen LogP contribution in [-0.4, -0.2) is 11.2 Å². The molecule has 1 heteroatoms. The molecule has 0 spiro atoms. The maximum Gasteiger partial charge on any atom is 0.0721 e. The number of hydrogen-bond acceptors (Lipinski definition) is 1. The summed E-state index contributed by atoms with van der Waals surface area (Å²) in [6.07, 6.45) is 11.2. The molecule has 1 nitrogen and oxygen atoms in total. The van der Waals surface area contributed by atoms with E-state index in [1.165, 1.54) is 0 Å². The van der Waals surface area contributed by atoms with Gasteiger partial charge in [0.05, 0.1) is 6.10 Å². The van der Waals surface area contributed by atoms with Gasteiger partial charge in [-0.15, -0.1) is 0 Å². The number of aliphatic hydroxyl groups excluding tert-OH is 1. The van der Waals surface area contributed by atoms with E-state index in [0.717, 1.165) is 6.42 Å². The van der Waals surface area contributed by atoms with Crippen molar-refractivity contribution in [1.82, 2.24) is 0 Å². The van der Waals surface area contributed by atoms with Crippen LogP contribution < -0.4 is 0 Å². The Bertz CT molecular complexity index is 350. The van der Waals surface area contributed by atoms with E-state index in [2.05, 4.69) is 23.7 Å². The van der Waals surface area contributed by atoms with E-state index in [0.29, 0.717) is 0 Å². The van der Waals surface area contributed by atoms with Gasteiger partial charge < -0.3 is 5.11 Å². The van der Waals surface area contributed by atoms with Crippen molar-refractivity contribution < 1.29 is 5.11 Å². The highest BCUT2D eigenvalue weighted by Gasteiger charge is 1.88. The largest absolute Gasteiger partial charge is 0.389 e. The zero-order valence-electron chi connectivity index (χ0n) is 9.20. The summed E-state index contributed by atoms with van der Waals surface area (Å²) < 4.78 is 0. The second-order valence-electron chi connectivity index (χ2n) is 2.75. The van der Waals surface area contributed by atoms with Crippen molar-refractivity contribution in [2.75, 3.05) is 0 Å². The molecule has 0 amide bonds. The minimum atomic E-state index is -0.349. The fourth-order valence-corrected chi connectivity index (χ4v) is 0.701. The number of rotatable bonds is 4. The molecule has 1 atom stereocenters. The van der Waals surface area contributed by atoms with Gasteiger partial charge in [-0.3, -0.25) is 0 Å². The third-order valence-corrected chi connectivity index (χ3v) is 1.52. The van der Waals surface area contributed by atoms with E-state index in [4.69, 9.17) is 0 Å². The van der Waals surface area contributed by atoms with Gasteiger partial charge in [-0.1, -0.05) is 49.1 Å². The molecule has 0 bridgehead atoms. The molecule has 0 heterocycles. The van der Waals surface area contributed by atoms with Crippen LogP contribution in [0, 0.1) is 23.7 Å². The highest BCUT2D eigenvalue weighted by molar-refractivity contribution is 5.31. The zero-order chi connectivity index (χ0) is 11.4. The van der Waals surface area contributed by atoms with Gasteiger partial charge >= 0.3 is 0 Å². The molecule has 0 aromatic rings. The first-order valence-corrected chi connectivity index (χ1v) is 4.91. The van der Waals surface area contributed by atoms with Crippen molar-refractivity contribution in [3.8, 4) is 23.7 Å². The van der Waals surface area contributed by atoms with Gasteiger partial charge in [-0.2, -0.15) is 0 Å². The molecule has 0 aliphatic carbocycles. The Morgan fingerprint density at radius 2 is 1.87 bits per heavy atom. The number of aliphatic hydroxyl groups is 1. The fourth-order valence-electron chi connectivity index (χ4n) is 0.701. The fraction of sp³-hybridized carbons (Fsp3) is 0.286. The first kappa shape index (κ1) is 13.3. The van der Waals surface area contributed by atoms with Crippen molar-refractivity contribution in [3.05, 3.63) is 36.5 Å². The molecular formula is C14H16O. The van der Waals surface area contributed by atoms with E-state index >= 15 is 0 Å². The summed E-state index contributed by atoms with van der Waals surface area (Å²) in [4.78, 5) is 0. The molecule has 0 unspecified atom stereocenters. The maximum atomic E-state index is 9.18. The monoisotopic (exact) mass is 200 g/mol. The van der Waals surface area contributed by atoms with E-state index in [9.17, 15) is 5.11 Å². The van der Waals surface area contributed by atoms with Gasteiger partial charge in [0.1, 0.15) is 0 Å². The van der Waals surface area contributed by atoms with E-state index in [1.54, 1.807) is 19.1 Å². The molecule has 0 radical (unpaired) electrons. The van der Waals surface area contributed by atoms with Crippen LogP contribution in [0.2, 0.25) is 0 Å². The van der Waals surface area contributed by atoms with Crippen molar-refractivity contribution in [2.45, 2.75) is 26.4 Å². The Kier molecular flexibility index (Phi) is 9.20. The van der Waals surface area contributed by atoms with Crippen LogP contribution in [0.5, 0.6) is 0 Å². The van der Waals surface area contributed by atoms with Gasteiger partial charge in [-0.05, 0) is 31.3 Å². The van der Waals surface area contributed by atoms with Crippen LogP contribution in [0.15, 0.2) is 36.5 Å². The lowest BCUT2D eigenvalue weighted by molar-refractivity contribution is 0.219.